The molecular formula is C6H4N6Os2Re4Se8-8. The third-order valence-corrected chi connectivity index (χ3v) is 0. The Balaban J connectivity index is -0.000000000833. The molecule has 0 aliphatic heterocycles. The quantitative estimate of drug-likeness (QED) is 0.182. The second-order valence-electron chi connectivity index (χ2n) is 0. The van der Waals surface area contributed by atoms with E-state index in [1.165, 1.54) is 0 Å². The second kappa shape index (κ2) is 1000. The molecule has 0 fully saturated rings. The van der Waals surface area contributed by atoms with Gasteiger partial charge in [-0.25, -0.2) is 0 Å². The van der Waals surface area contributed by atoms with Gasteiger partial charge in [0.05, 0.1) is 0 Å². The molecule has 0 aromatic carbocycles. The van der Waals surface area contributed by atoms with Gasteiger partial charge >= 0.3 is 108 Å². The standard InChI is InChI=1S/6CN.2Os.4Re.4HSe.4Se/c6*1-2;;;;;;;;;;;;;;/h;;;;;;;;;;;;4*1H;;;;/q6*-1;2*+1;;;;;;;;;4*-1. The zero-order chi connectivity index (χ0) is 12.0. The first-order valence-electron chi connectivity index (χ1n) is 1.34. The van der Waals surface area contributed by atoms with E-state index in [2.05, 4.69) is 0 Å². The van der Waals surface area contributed by atoms with E-state index in [-0.39, 0.29) is 258 Å². The Kier molecular flexibility index (Phi) is 8890. The van der Waals surface area contributed by atoms with Gasteiger partial charge in [0.2, 0.25) is 0 Å². The number of nitrogens with zero attached hydrogens (tertiary/aromatic N) is 6. The molecule has 0 N–H and O–H groups in total. The van der Waals surface area contributed by atoms with Crippen molar-refractivity contribution < 1.29 is 121 Å². The zero-order valence-electron chi connectivity index (χ0n) is 11.3. The van der Waals surface area contributed by atoms with Gasteiger partial charge in [0, 0.05) is 81.7 Å². The van der Waals surface area contributed by atoms with Crippen molar-refractivity contribution in [3.63, 3.8) is 0 Å². The van der Waals surface area contributed by atoms with Crippen molar-refractivity contribution in [2.24, 2.45) is 0 Å². The van der Waals surface area contributed by atoms with E-state index in [1.54, 1.807) is 0 Å². The van der Waals surface area contributed by atoms with Crippen LogP contribution in [0, 0.1) is 71.0 Å². The fraction of sp³-hybridized carbons (Fsp3) is 0. The molecule has 0 unspecified atom stereocenters. The molecule has 0 heterocycles. The van der Waals surface area contributed by atoms with E-state index in [0.29, 0.717) is 0 Å². The molecule has 0 amide bonds. The van der Waals surface area contributed by atoms with Gasteiger partial charge in [-0.2, -0.15) is 0 Å². The normalized spacial score (nSPS) is 0.462. The summed E-state index contributed by atoms with van der Waals surface area (Å²) in [5.74, 6) is 0. The van der Waals surface area contributed by atoms with Gasteiger partial charge in [-0.05, 0) is 0 Å². The summed E-state index contributed by atoms with van der Waals surface area (Å²) in [5.41, 5.74) is 0. The van der Waals surface area contributed by atoms with Gasteiger partial charge in [-0.1, -0.05) is 0 Å². The molecule has 0 aliphatic rings. The summed E-state index contributed by atoms with van der Waals surface area (Å²) >= 11 is 0. The maximum atomic E-state index is 6.25. The number of rotatable bonds is 0. The SMILES string of the molecule is [C-]#N.[C-]#N.[C-]#N.[C-]#N.[C-]#N.[C-]#N.[Os+].[Os+].[Re].[Re].[Re].[Re].[Se-].[Se-].[Se-].[Se-].[SeH].[SeH].[SeH].[SeH]. The molecule has 26 heavy (non-hydrogen) atoms. The Morgan fingerprint density at radius 3 is 0.269 bits per heavy atom. The van der Waals surface area contributed by atoms with Crippen molar-refractivity contribution >= 4 is 137 Å². The molecule has 14 radical (unpaired) electrons. The first-order chi connectivity index (χ1) is 6.00. The summed E-state index contributed by atoms with van der Waals surface area (Å²) in [6, 6.07) is 0. The van der Waals surface area contributed by atoms with E-state index in [1.807, 2.05) is 0 Å². The molecule has 158 valence electrons. The predicted molar refractivity (Wildman–Crippen MR) is 81.4 cm³/mol. The fourth-order valence-electron chi connectivity index (χ4n) is 0. The van der Waals surface area contributed by atoms with Crippen LogP contribution in [0.25, 0.3) is 0 Å². The van der Waals surface area contributed by atoms with Gasteiger partial charge in [-0.15, -0.1) is 0 Å². The third-order valence-electron chi connectivity index (χ3n) is 0. The van der Waals surface area contributed by atoms with E-state index < -0.39 is 0 Å². The molecule has 0 spiro atoms. The fourth-order valence-corrected chi connectivity index (χ4v) is 0. The zero-order valence-corrected chi connectivity index (χ0v) is 41.6. The molecule has 0 saturated carbocycles. The van der Waals surface area contributed by atoms with Crippen LogP contribution < -0.4 is 0 Å². The van der Waals surface area contributed by atoms with Crippen LogP contribution in [0.15, 0.2) is 0 Å². The average molecular weight is 1920 g/mol. The van der Waals surface area contributed by atoms with Crippen LogP contribution >= 0.6 is 0 Å². The topological polar surface area (TPSA) is 143 Å². The molecule has 0 saturated heterocycles. The Bertz CT molecular complexity index is 132. The van der Waals surface area contributed by atoms with Crippen LogP contribution in [0.3, 0.4) is 0 Å². The molecule has 20 heteroatoms. The molecule has 0 aliphatic carbocycles. The summed E-state index contributed by atoms with van der Waals surface area (Å²) in [4.78, 5) is 0. The molecule has 0 atom stereocenters. The van der Waals surface area contributed by atoms with Gasteiger partial charge in [0.15, 0.2) is 0 Å². The maximum absolute atomic E-state index is 6.25. The number of hydrogen-bond acceptors (Lipinski definition) is 6. The van der Waals surface area contributed by atoms with Gasteiger partial charge in [0.25, 0.3) is 0 Å². The van der Waals surface area contributed by atoms with Crippen molar-refractivity contribution in [1.29, 1.82) is 31.6 Å². The van der Waals surface area contributed by atoms with Gasteiger partial charge in [-0.3, -0.25) is 0 Å². The summed E-state index contributed by atoms with van der Waals surface area (Å²) < 4.78 is 0. The van der Waals surface area contributed by atoms with Gasteiger partial charge < -0.3 is 139 Å². The Labute approximate surface area is 322 Å². The Morgan fingerprint density at radius 2 is 0.269 bits per heavy atom. The van der Waals surface area contributed by atoms with Crippen molar-refractivity contribution in [2.45, 2.75) is 0 Å². The summed E-state index contributed by atoms with van der Waals surface area (Å²) in [5, 5.41) is 37.5. The monoisotopic (exact) mass is 1930 g/mol. The molecule has 0 bridgehead atoms. The molecule has 0 aromatic heterocycles. The summed E-state index contributed by atoms with van der Waals surface area (Å²) in [6.07, 6.45) is 0. The molecule has 0 aromatic rings. The Hall–Kier alpha value is 5.02. The first-order valence-corrected chi connectivity index (χ1v) is 1.34. The average Bonchev–Trinajstić information content (AvgIpc) is 2.33. The van der Waals surface area contributed by atoms with E-state index in [0.717, 1.165) is 0 Å². The summed E-state index contributed by atoms with van der Waals surface area (Å²) in [6.45, 7) is 28.5. The van der Waals surface area contributed by atoms with E-state index >= 15 is 0 Å². The van der Waals surface area contributed by atoms with E-state index in [9.17, 15) is 0 Å². The molecule has 0 rings (SSSR count). The molecule has 6 nitrogen and oxygen atoms in total. The van der Waals surface area contributed by atoms with Crippen molar-refractivity contribution in [1.82, 2.24) is 0 Å². The minimum absolute atomic E-state index is 0. The minimum atomic E-state index is 0. The van der Waals surface area contributed by atoms with Crippen LogP contribution in [0.4, 0.5) is 0 Å². The van der Waals surface area contributed by atoms with Gasteiger partial charge in [0.1, 0.15) is 0 Å². The van der Waals surface area contributed by atoms with Crippen LogP contribution in [-0.2, 0) is 121 Å². The molecular weight excluding hydrogens is 1910 g/mol. The van der Waals surface area contributed by atoms with Crippen LogP contribution in [0.5, 0.6) is 0 Å². The van der Waals surface area contributed by atoms with Crippen LogP contribution in [0.2, 0.25) is 0 Å². The first kappa shape index (κ1) is 230. The Morgan fingerprint density at radius 1 is 0.269 bits per heavy atom. The van der Waals surface area contributed by atoms with Crippen LogP contribution in [-0.4, -0.2) is 137 Å². The van der Waals surface area contributed by atoms with Crippen molar-refractivity contribution in [3.8, 4) is 0 Å². The predicted octanol–water partition coefficient (Wildman–Crippen LogP) is -3.55. The van der Waals surface area contributed by atoms with E-state index in [4.69, 9.17) is 71.0 Å². The van der Waals surface area contributed by atoms with Crippen molar-refractivity contribution in [3.05, 3.63) is 39.4 Å². The third kappa shape index (κ3) is 905. The number of hydrogen-bond donors (Lipinski definition) is 0. The second-order valence-corrected chi connectivity index (χ2v) is 0. The van der Waals surface area contributed by atoms with Crippen molar-refractivity contribution in [2.75, 3.05) is 0 Å². The summed E-state index contributed by atoms with van der Waals surface area (Å²) in [7, 11) is 0. The van der Waals surface area contributed by atoms with Crippen LogP contribution in [0.1, 0.15) is 0 Å².